The number of hydrogen-bond acceptors (Lipinski definition) is 8. The zero-order chi connectivity index (χ0) is 25.3. The number of nitrogens with one attached hydrogen (secondary N) is 2. The SMILES string of the molecule is CO[C@H](C)CN(CCCCc1ccc2c(n1)NCCC2)CC[C@H](Nc1ncc(C2CC2)cn1)C(=O)O. The Labute approximate surface area is 214 Å². The van der Waals surface area contributed by atoms with Crippen LogP contribution in [0.1, 0.15) is 68.2 Å². The zero-order valence-electron chi connectivity index (χ0n) is 21.6. The number of carbonyl (C=O) groups is 1. The summed E-state index contributed by atoms with van der Waals surface area (Å²) in [5.74, 6) is 1.10. The smallest absolute Gasteiger partial charge is 0.326 e. The summed E-state index contributed by atoms with van der Waals surface area (Å²) in [6.45, 7) is 5.34. The molecule has 0 aromatic carbocycles. The van der Waals surface area contributed by atoms with Gasteiger partial charge < -0.3 is 25.4 Å². The van der Waals surface area contributed by atoms with Crippen LogP contribution in [0.5, 0.6) is 0 Å². The minimum absolute atomic E-state index is 0.0768. The van der Waals surface area contributed by atoms with E-state index in [9.17, 15) is 9.90 Å². The third kappa shape index (κ3) is 7.86. The highest BCUT2D eigenvalue weighted by molar-refractivity contribution is 5.76. The minimum atomic E-state index is -0.892. The van der Waals surface area contributed by atoms with E-state index in [1.165, 1.54) is 24.8 Å². The maximum Gasteiger partial charge on any atom is 0.326 e. The van der Waals surface area contributed by atoms with E-state index in [4.69, 9.17) is 9.72 Å². The van der Waals surface area contributed by atoms with Crippen LogP contribution < -0.4 is 10.6 Å². The van der Waals surface area contributed by atoms with Gasteiger partial charge in [0.2, 0.25) is 5.95 Å². The van der Waals surface area contributed by atoms with Gasteiger partial charge in [-0.05, 0) is 87.9 Å². The molecular weight excluding hydrogens is 456 g/mol. The largest absolute Gasteiger partial charge is 0.480 e. The third-order valence-electron chi connectivity index (χ3n) is 7.08. The number of unbranched alkanes of at least 4 members (excludes halogenated alkanes) is 1. The van der Waals surface area contributed by atoms with Crippen molar-refractivity contribution in [2.75, 3.05) is 43.9 Å². The molecule has 2 atom stereocenters. The Morgan fingerprint density at radius 2 is 2.06 bits per heavy atom. The lowest BCUT2D eigenvalue weighted by Crippen LogP contribution is -2.38. The van der Waals surface area contributed by atoms with Gasteiger partial charge in [0, 0.05) is 44.8 Å². The molecular formula is C27H40N6O3. The van der Waals surface area contributed by atoms with Gasteiger partial charge in [-0.3, -0.25) is 0 Å². The fourth-order valence-electron chi connectivity index (χ4n) is 4.65. The number of fused-ring (bicyclic) bond motifs is 1. The number of carboxylic acid groups (broad SMARTS) is 1. The van der Waals surface area contributed by atoms with E-state index >= 15 is 0 Å². The Hall–Kier alpha value is -2.78. The van der Waals surface area contributed by atoms with Crippen molar-refractivity contribution in [1.29, 1.82) is 0 Å². The van der Waals surface area contributed by atoms with Crippen molar-refractivity contribution in [2.45, 2.75) is 76.4 Å². The molecule has 0 bridgehead atoms. The summed E-state index contributed by atoms with van der Waals surface area (Å²) < 4.78 is 5.48. The van der Waals surface area contributed by atoms with E-state index in [0.717, 1.165) is 62.4 Å². The highest BCUT2D eigenvalue weighted by Crippen LogP contribution is 2.39. The summed E-state index contributed by atoms with van der Waals surface area (Å²) in [7, 11) is 1.71. The molecule has 0 unspecified atom stereocenters. The van der Waals surface area contributed by atoms with Gasteiger partial charge in [0.25, 0.3) is 0 Å². The Bertz CT molecular complexity index is 982. The summed E-state index contributed by atoms with van der Waals surface area (Å²) in [6.07, 6.45) is 11.8. The second-order valence-electron chi connectivity index (χ2n) is 10.1. The maximum absolute atomic E-state index is 11.9. The monoisotopic (exact) mass is 496 g/mol. The number of ether oxygens (including phenoxy) is 1. The second-order valence-corrected chi connectivity index (χ2v) is 10.1. The fourth-order valence-corrected chi connectivity index (χ4v) is 4.65. The van der Waals surface area contributed by atoms with Gasteiger partial charge >= 0.3 is 5.97 Å². The van der Waals surface area contributed by atoms with Crippen molar-refractivity contribution in [3.63, 3.8) is 0 Å². The summed E-state index contributed by atoms with van der Waals surface area (Å²) in [4.78, 5) is 27.7. The molecule has 0 amide bonds. The average Bonchev–Trinajstić information content (AvgIpc) is 3.74. The van der Waals surface area contributed by atoms with Crippen molar-refractivity contribution >= 4 is 17.7 Å². The van der Waals surface area contributed by atoms with Gasteiger partial charge in [0.15, 0.2) is 0 Å². The number of rotatable bonds is 15. The number of aryl methyl sites for hydroxylation is 2. The van der Waals surface area contributed by atoms with Gasteiger partial charge in [0.1, 0.15) is 11.9 Å². The number of carboxylic acids is 1. The lowest BCUT2D eigenvalue weighted by molar-refractivity contribution is -0.138. The van der Waals surface area contributed by atoms with Crippen LogP contribution in [-0.2, 0) is 22.4 Å². The van der Waals surface area contributed by atoms with E-state index in [1.807, 2.05) is 19.3 Å². The number of aromatic nitrogens is 3. The molecule has 4 rings (SSSR count). The van der Waals surface area contributed by atoms with Crippen molar-refractivity contribution in [3.05, 3.63) is 41.3 Å². The summed E-state index contributed by atoms with van der Waals surface area (Å²) in [6, 6.07) is 3.61. The quantitative estimate of drug-likeness (QED) is 0.318. The first-order chi connectivity index (χ1) is 17.5. The Balaban J connectivity index is 1.25. The van der Waals surface area contributed by atoms with Gasteiger partial charge in [-0.15, -0.1) is 0 Å². The first kappa shape index (κ1) is 26.3. The Kier molecular flexibility index (Phi) is 9.47. The van der Waals surface area contributed by atoms with Crippen LogP contribution in [0.25, 0.3) is 0 Å². The Morgan fingerprint density at radius 1 is 1.25 bits per heavy atom. The molecule has 1 aliphatic carbocycles. The van der Waals surface area contributed by atoms with Crippen LogP contribution in [-0.4, -0.2) is 76.4 Å². The number of methoxy groups -OCH3 is 1. The molecule has 196 valence electrons. The highest BCUT2D eigenvalue weighted by atomic mass is 16.5. The molecule has 0 spiro atoms. The fraction of sp³-hybridized carbons (Fsp3) is 0.630. The predicted molar refractivity (Wildman–Crippen MR) is 141 cm³/mol. The summed E-state index contributed by atoms with van der Waals surface area (Å²) in [5.41, 5.74) is 3.58. The molecule has 9 nitrogen and oxygen atoms in total. The molecule has 1 aliphatic heterocycles. The van der Waals surface area contributed by atoms with E-state index < -0.39 is 12.0 Å². The van der Waals surface area contributed by atoms with Crippen LogP contribution in [0.2, 0.25) is 0 Å². The molecule has 1 fully saturated rings. The average molecular weight is 497 g/mol. The lowest BCUT2D eigenvalue weighted by atomic mass is 10.1. The lowest BCUT2D eigenvalue weighted by Gasteiger charge is -2.26. The maximum atomic E-state index is 11.9. The number of anilines is 2. The van der Waals surface area contributed by atoms with E-state index in [0.29, 0.717) is 24.8 Å². The topological polar surface area (TPSA) is 113 Å². The first-order valence-electron chi connectivity index (χ1n) is 13.3. The van der Waals surface area contributed by atoms with Crippen LogP contribution in [0.15, 0.2) is 24.5 Å². The molecule has 36 heavy (non-hydrogen) atoms. The molecule has 1 saturated carbocycles. The van der Waals surface area contributed by atoms with Crippen LogP contribution in [0, 0.1) is 0 Å². The molecule has 2 aliphatic rings. The number of hydrogen-bond donors (Lipinski definition) is 3. The van der Waals surface area contributed by atoms with Gasteiger partial charge in [-0.2, -0.15) is 0 Å². The van der Waals surface area contributed by atoms with Crippen molar-refractivity contribution in [3.8, 4) is 0 Å². The first-order valence-corrected chi connectivity index (χ1v) is 13.3. The van der Waals surface area contributed by atoms with Crippen LogP contribution in [0.4, 0.5) is 11.8 Å². The van der Waals surface area contributed by atoms with Gasteiger partial charge in [-0.25, -0.2) is 19.7 Å². The molecule has 3 N–H and O–H groups in total. The second kappa shape index (κ2) is 13.0. The highest BCUT2D eigenvalue weighted by Gasteiger charge is 2.25. The Morgan fingerprint density at radius 3 is 2.78 bits per heavy atom. The molecule has 2 aromatic heterocycles. The van der Waals surface area contributed by atoms with E-state index in [1.54, 1.807) is 7.11 Å². The number of aliphatic carboxylic acids is 1. The van der Waals surface area contributed by atoms with E-state index in [2.05, 4.69) is 37.6 Å². The standard InChI is InChI=1S/C27H40N6O3/c1-19(36-2)18-33(14-4-3-7-23-11-10-21-6-5-13-28-25(21)31-23)15-12-24(26(34)35)32-27-29-16-22(17-30-27)20-8-9-20/h10-11,16-17,19-20,24H,3-9,12-15,18H2,1-2H3,(H,28,31)(H,34,35)(H,29,30,32)/t19-,24+/m1/s1. The third-order valence-corrected chi connectivity index (χ3v) is 7.08. The van der Waals surface area contributed by atoms with Gasteiger partial charge in [0.05, 0.1) is 6.10 Å². The minimum Gasteiger partial charge on any atom is -0.480 e. The number of nitrogens with zero attached hydrogens (tertiary/aromatic N) is 4. The van der Waals surface area contributed by atoms with Crippen molar-refractivity contribution in [1.82, 2.24) is 19.9 Å². The summed E-state index contributed by atoms with van der Waals surface area (Å²) >= 11 is 0. The molecule has 2 aromatic rings. The van der Waals surface area contributed by atoms with Crippen molar-refractivity contribution < 1.29 is 14.6 Å². The van der Waals surface area contributed by atoms with Gasteiger partial charge in [-0.1, -0.05) is 6.07 Å². The summed E-state index contributed by atoms with van der Waals surface area (Å²) in [5, 5.41) is 16.2. The normalized spacial score (nSPS) is 16.8. The molecule has 0 saturated heterocycles. The van der Waals surface area contributed by atoms with Crippen molar-refractivity contribution in [2.24, 2.45) is 0 Å². The molecule has 3 heterocycles. The predicted octanol–water partition coefficient (Wildman–Crippen LogP) is 3.72. The van der Waals surface area contributed by atoms with Crippen LogP contribution >= 0.6 is 0 Å². The zero-order valence-corrected chi connectivity index (χ0v) is 21.6. The number of pyridine rings is 1. The molecule has 0 radical (unpaired) electrons. The van der Waals surface area contributed by atoms with Crippen LogP contribution in [0.3, 0.4) is 0 Å². The van der Waals surface area contributed by atoms with E-state index in [-0.39, 0.29) is 6.10 Å². The molecule has 9 heteroatoms.